The number of thiophene rings is 1. The Morgan fingerprint density at radius 1 is 1.06 bits per heavy atom. The standard InChI is InChI=1S/C23H21F3N2O3S/c24-23(25,26)15-31-19-9-5-4-8-18(19)27-21(29)20-14-17(16-6-2-1-3-7-16)22(32-20)28-10-12-30-13-11-28/h1-9,14H,10-13,15H2,(H,27,29). The predicted molar refractivity (Wildman–Crippen MR) is 119 cm³/mol. The van der Waals surface area contributed by atoms with Crippen molar-refractivity contribution < 1.29 is 27.4 Å². The fourth-order valence-corrected chi connectivity index (χ4v) is 4.49. The van der Waals surface area contributed by atoms with E-state index >= 15 is 0 Å². The average Bonchev–Trinajstić information content (AvgIpc) is 3.25. The van der Waals surface area contributed by atoms with Crippen molar-refractivity contribution in [3.63, 3.8) is 0 Å². The largest absolute Gasteiger partial charge is 0.482 e. The van der Waals surface area contributed by atoms with E-state index in [0.29, 0.717) is 18.1 Å². The topological polar surface area (TPSA) is 50.8 Å². The molecule has 0 spiro atoms. The number of anilines is 2. The molecule has 1 amide bonds. The Labute approximate surface area is 187 Å². The molecule has 1 N–H and O–H groups in total. The average molecular weight is 462 g/mol. The lowest BCUT2D eigenvalue weighted by molar-refractivity contribution is -0.153. The van der Waals surface area contributed by atoms with Gasteiger partial charge >= 0.3 is 6.18 Å². The van der Waals surface area contributed by atoms with Crippen LogP contribution in [0.5, 0.6) is 5.75 Å². The van der Waals surface area contributed by atoms with Crippen molar-refractivity contribution in [2.24, 2.45) is 0 Å². The number of carbonyl (C=O) groups is 1. The van der Waals surface area contributed by atoms with Gasteiger partial charge in [-0.1, -0.05) is 42.5 Å². The monoisotopic (exact) mass is 462 g/mol. The maximum Gasteiger partial charge on any atom is 0.422 e. The normalized spacial score (nSPS) is 14.3. The highest BCUT2D eigenvalue weighted by molar-refractivity contribution is 7.18. The lowest BCUT2D eigenvalue weighted by Crippen LogP contribution is -2.35. The Hall–Kier alpha value is -3.04. The maximum atomic E-state index is 13.0. The van der Waals surface area contributed by atoms with Crippen LogP contribution in [0.25, 0.3) is 11.1 Å². The number of carbonyl (C=O) groups excluding carboxylic acids is 1. The van der Waals surface area contributed by atoms with Gasteiger partial charge in [-0.3, -0.25) is 4.79 Å². The first-order valence-corrected chi connectivity index (χ1v) is 10.8. The number of amides is 1. The number of hydrogen-bond donors (Lipinski definition) is 1. The second-order valence-corrected chi connectivity index (χ2v) is 8.18. The van der Waals surface area contributed by atoms with Crippen LogP contribution in [0.15, 0.2) is 60.7 Å². The van der Waals surface area contributed by atoms with Crippen molar-refractivity contribution in [2.45, 2.75) is 6.18 Å². The van der Waals surface area contributed by atoms with Crippen LogP contribution >= 0.6 is 11.3 Å². The number of morpholine rings is 1. The minimum absolute atomic E-state index is 0.0357. The van der Waals surface area contributed by atoms with Crippen molar-refractivity contribution in [1.82, 2.24) is 0 Å². The summed E-state index contributed by atoms with van der Waals surface area (Å²) in [6, 6.07) is 17.7. The summed E-state index contributed by atoms with van der Waals surface area (Å²) in [6.45, 7) is 1.22. The van der Waals surface area contributed by atoms with Crippen molar-refractivity contribution in [3.05, 3.63) is 65.5 Å². The molecule has 1 aromatic heterocycles. The molecule has 1 fully saturated rings. The summed E-state index contributed by atoms with van der Waals surface area (Å²) in [5.41, 5.74) is 2.10. The molecular weight excluding hydrogens is 441 g/mol. The molecule has 168 valence electrons. The van der Waals surface area contributed by atoms with Crippen LogP contribution in [-0.4, -0.2) is 45.0 Å². The highest BCUT2D eigenvalue weighted by atomic mass is 32.1. The summed E-state index contributed by atoms with van der Waals surface area (Å²) in [4.78, 5) is 15.7. The van der Waals surface area contributed by atoms with Gasteiger partial charge < -0.3 is 19.7 Å². The van der Waals surface area contributed by atoms with Crippen LogP contribution in [0.2, 0.25) is 0 Å². The fourth-order valence-electron chi connectivity index (χ4n) is 3.36. The molecule has 1 aliphatic heterocycles. The van der Waals surface area contributed by atoms with E-state index in [2.05, 4.69) is 10.2 Å². The number of ether oxygens (including phenoxy) is 2. The SMILES string of the molecule is O=C(Nc1ccccc1OCC(F)(F)F)c1cc(-c2ccccc2)c(N2CCOCC2)s1. The predicted octanol–water partition coefficient (Wildman–Crippen LogP) is 5.45. The molecule has 4 rings (SSSR count). The number of nitrogens with zero attached hydrogens (tertiary/aromatic N) is 1. The maximum absolute atomic E-state index is 13.0. The van der Waals surface area contributed by atoms with E-state index in [9.17, 15) is 18.0 Å². The molecule has 0 saturated carbocycles. The molecular formula is C23H21F3N2O3S. The van der Waals surface area contributed by atoms with Gasteiger partial charge in [-0.05, 0) is 23.8 Å². The van der Waals surface area contributed by atoms with Gasteiger partial charge in [0.05, 0.1) is 28.8 Å². The molecule has 0 bridgehead atoms. The van der Waals surface area contributed by atoms with Crippen LogP contribution in [0.1, 0.15) is 9.67 Å². The Balaban J connectivity index is 1.60. The minimum atomic E-state index is -4.47. The minimum Gasteiger partial charge on any atom is -0.482 e. The third-order valence-corrected chi connectivity index (χ3v) is 6.04. The lowest BCUT2D eigenvalue weighted by atomic mass is 10.1. The van der Waals surface area contributed by atoms with Gasteiger partial charge in [-0.25, -0.2) is 0 Å². The molecule has 0 atom stereocenters. The van der Waals surface area contributed by atoms with Crippen molar-refractivity contribution >= 4 is 27.9 Å². The second kappa shape index (κ2) is 9.62. The van der Waals surface area contributed by atoms with Crippen molar-refractivity contribution in [3.8, 4) is 16.9 Å². The van der Waals surface area contributed by atoms with E-state index in [4.69, 9.17) is 9.47 Å². The molecule has 0 unspecified atom stereocenters. The first-order chi connectivity index (χ1) is 15.4. The summed E-state index contributed by atoms with van der Waals surface area (Å²) in [5.74, 6) is -0.443. The van der Waals surface area contributed by atoms with E-state index in [1.165, 1.54) is 23.5 Å². The van der Waals surface area contributed by atoms with Crippen LogP contribution in [0, 0.1) is 0 Å². The Morgan fingerprint density at radius 3 is 2.47 bits per heavy atom. The van der Waals surface area contributed by atoms with Crippen LogP contribution in [0.4, 0.5) is 23.9 Å². The summed E-state index contributed by atoms with van der Waals surface area (Å²) in [6.07, 6.45) is -4.47. The Morgan fingerprint density at radius 2 is 1.75 bits per heavy atom. The number of nitrogens with one attached hydrogen (secondary N) is 1. The van der Waals surface area contributed by atoms with Gasteiger partial charge in [-0.15, -0.1) is 11.3 Å². The molecule has 0 aliphatic carbocycles. The van der Waals surface area contributed by atoms with Gasteiger partial charge in [0, 0.05) is 18.7 Å². The third-order valence-electron chi connectivity index (χ3n) is 4.85. The van der Waals surface area contributed by atoms with E-state index in [1.54, 1.807) is 12.1 Å². The zero-order valence-electron chi connectivity index (χ0n) is 17.0. The Bertz CT molecular complexity index is 1060. The highest BCUT2D eigenvalue weighted by Crippen LogP contribution is 2.40. The van der Waals surface area contributed by atoms with Crippen LogP contribution in [-0.2, 0) is 4.74 Å². The summed E-state index contributed by atoms with van der Waals surface area (Å²) < 4.78 is 48.0. The molecule has 3 aromatic rings. The van der Waals surface area contributed by atoms with Crippen LogP contribution < -0.4 is 15.0 Å². The molecule has 2 heterocycles. The second-order valence-electron chi connectivity index (χ2n) is 7.15. The quantitative estimate of drug-likeness (QED) is 0.530. The van der Waals surface area contributed by atoms with Crippen LogP contribution in [0.3, 0.4) is 0 Å². The molecule has 1 saturated heterocycles. The zero-order chi connectivity index (χ0) is 22.6. The number of alkyl halides is 3. The van der Waals surface area contributed by atoms with Gasteiger partial charge in [0.15, 0.2) is 6.61 Å². The van der Waals surface area contributed by atoms with E-state index in [1.807, 2.05) is 36.4 Å². The fraction of sp³-hybridized carbons (Fsp3) is 0.261. The highest BCUT2D eigenvalue weighted by Gasteiger charge is 2.29. The first kappa shape index (κ1) is 22.2. The number of hydrogen-bond acceptors (Lipinski definition) is 5. The molecule has 0 radical (unpaired) electrons. The van der Waals surface area contributed by atoms with E-state index in [0.717, 1.165) is 29.2 Å². The molecule has 5 nitrogen and oxygen atoms in total. The molecule has 32 heavy (non-hydrogen) atoms. The Kier molecular flexibility index (Phi) is 6.66. The van der Waals surface area contributed by atoms with E-state index in [-0.39, 0.29) is 11.4 Å². The third kappa shape index (κ3) is 5.41. The van der Waals surface area contributed by atoms with Gasteiger partial charge in [0.25, 0.3) is 5.91 Å². The summed E-state index contributed by atoms with van der Waals surface area (Å²) in [7, 11) is 0. The van der Waals surface area contributed by atoms with Gasteiger partial charge in [-0.2, -0.15) is 13.2 Å². The summed E-state index contributed by atoms with van der Waals surface area (Å²) >= 11 is 1.35. The van der Waals surface area contributed by atoms with Crippen molar-refractivity contribution in [2.75, 3.05) is 43.1 Å². The zero-order valence-corrected chi connectivity index (χ0v) is 17.8. The summed E-state index contributed by atoms with van der Waals surface area (Å²) in [5, 5.41) is 3.66. The number of rotatable bonds is 6. The number of benzene rings is 2. The molecule has 9 heteroatoms. The van der Waals surface area contributed by atoms with Gasteiger partial charge in [0.1, 0.15) is 5.75 Å². The molecule has 2 aromatic carbocycles. The lowest BCUT2D eigenvalue weighted by Gasteiger charge is -2.28. The van der Waals surface area contributed by atoms with Crippen molar-refractivity contribution in [1.29, 1.82) is 0 Å². The number of para-hydroxylation sites is 2. The van der Waals surface area contributed by atoms with Gasteiger partial charge in [0.2, 0.25) is 0 Å². The van der Waals surface area contributed by atoms with E-state index < -0.39 is 18.7 Å². The smallest absolute Gasteiger partial charge is 0.422 e. The molecule has 1 aliphatic rings. The first-order valence-electron chi connectivity index (χ1n) is 10.0. The number of halogens is 3.